The van der Waals surface area contributed by atoms with Gasteiger partial charge in [-0.3, -0.25) is 0 Å². The maximum atomic E-state index is 6.06. The van der Waals surface area contributed by atoms with Crippen LogP contribution in [0.25, 0.3) is 0 Å². The predicted octanol–water partition coefficient (Wildman–Crippen LogP) is 1.55. The Labute approximate surface area is 79.0 Å². The highest BCUT2D eigenvalue weighted by Crippen LogP contribution is 2.25. The van der Waals surface area contributed by atoms with Gasteiger partial charge in [-0.25, -0.2) is 4.98 Å². The van der Waals surface area contributed by atoms with Crippen molar-refractivity contribution in [2.24, 2.45) is 5.73 Å². The van der Waals surface area contributed by atoms with Gasteiger partial charge in [0, 0.05) is 12.1 Å². The summed E-state index contributed by atoms with van der Waals surface area (Å²) in [5.41, 5.74) is 8.59. The molecule has 1 aliphatic heterocycles. The second-order valence-electron chi connectivity index (χ2n) is 3.74. The van der Waals surface area contributed by atoms with Crippen LogP contribution in [0.5, 0.6) is 0 Å². The summed E-state index contributed by atoms with van der Waals surface area (Å²) < 4.78 is 2.23. The van der Waals surface area contributed by atoms with Crippen molar-refractivity contribution in [3.8, 4) is 0 Å². The molecule has 1 aromatic heterocycles. The first-order valence-corrected chi connectivity index (χ1v) is 5.06. The van der Waals surface area contributed by atoms with Crippen LogP contribution in [0.2, 0.25) is 0 Å². The largest absolute Gasteiger partial charge is 0.316 e. The van der Waals surface area contributed by atoms with E-state index in [-0.39, 0.29) is 6.17 Å². The second-order valence-corrected chi connectivity index (χ2v) is 3.74. The fraction of sp³-hybridized carbons (Fsp3) is 0.700. The molecule has 1 atom stereocenters. The summed E-state index contributed by atoms with van der Waals surface area (Å²) in [7, 11) is 0. The lowest BCUT2D eigenvalue weighted by molar-refractivity contribution is 0.402. The van der Waals surface area contributed by atoms with Gasteiger partial charge in [0.2, 0.25) is 0 Å². The molecule has 72 valence electrons. The van der Waals surface area contributed by atoms with E-state index in [1.54, 1.807) is 0 Å². The molecule has 13 heavy (non-hydrogen) atoms. The molecule has 0 aliphatic carbocycles. The SMILES string of the molecule is CCc1nc(C)c2n1C(N)CCC2. The van der Waals surface area contributed by atoms with Crippen LogP contribution in [-0.2, 0) is 12.8 Å². The first-order chi connectivity index (χ1) is 6.24. The van der Waals surface area contributed by atoms with Crippen molar-refractivity contribution >= 4 is 0 Å². The maximum absolute atomic E-state index is 6.06. The summed E-state index contributed by atoms with van der Waals surface area (Å²) in [4.78, 5) is 4.54. The molecule has 1 aliphatic rings. The second kappa shape index (κ2) is 3.14. The molecule has 1 unspecified atom stereocenters. The number of aromatic nitrogens is 2. The molecule has 0 spiro atoms. The summed E-state index contributed by atoms with van der Waals surface area (Å²) in [6.45, 7) is 4.22. The lowest BCUT2D eigenvalue weighted by atomic mass is 10.1. The molecule has 2 N–H and O–H groups in total. The van der Waals surface area contributed by atoms with Crippen LogP contribution in [-0.4, -0.2) is 9.55 Å². The van der Waals surface area contributed by atoms with E-state index >= 15 is 0 Å². The molecule has 1 aromatic rings. The summed E-state index contributed by atoms with van der Waals surface area (Å²) in [6, 6.07) is 0. The maximum Gasteiger partial charge on any atom is 0.110 e. The third kappa shape index (κ3) is 1.27. The van der Waals surface area contributed by atoms with Gasteiger partial charge in [-0.15, -0.1) is 0 Å². The van der Waals surface area contributed by atoms with Gasteiger partial charge < -0.3 is 10.3 Å². The van der Waals surface area contributed by atoms with E-state index in [1.807, 2.05) is 0 Å². The zero-order valence-electron chi connectivity index (χ0n) is 8.38. The number of hydrogen-bond acceptors (Lipinski definition) is 2. The number of nitrogens with two attached hydrogens (primary N) is 1. The number of fused-ring (bicyclic) bond motifs is 1. The molecule has 3 nitrogen and oxygen atoms in total. The molecular formula is C10H17N3. The van der Waals surface area contributed by atoms with Crippen LogP contribution in [0.1, 0.15) is 43.1 Å². The molecule has 0 saturated heterocycles. The van der Waals surface area contributed by atoms with Crippen molar-refractivity contribution < 1.29 is 0 Å². The fourth-order valence-corrected chi connectivity index (χ4v) is 2.19. The van der Waals surface area contributed by atoms with Crippen molar-refractivity contribution in [2.45, 2.75) is 45.7 Å². The summed E-state index contributed by atoms with van der Waals surface area (Å²) >= 11 is 0. The van der Waals surface area contributed by atoms with Gasteiger partial charge >= 0.3 is 0 Å². The molecule has 3 heteroatoms. The van der Waals surface area contributed by atoms with E-state index in [4.69, 9.17) is 5.73 Å². The average Bonchev–Trinajstić information content (AvgIpc) is 2.45. The van der Waals surface area contributed by atoms with Crippen LogP contribution in [0.4, 0.5) is 0 Å². The molecule has 2 heterocycles. The van der Waals surface area contributed by atoms with E-state index in [0.29, 0.717) is 0 Å². The minimum atomic E-state index is 0.167. The minimum Gasteiger partial charge on any atom is -0.316 e. The fourth-order valence-electron chi connectivity index (χ4n) is 2.19. The van der Waals surface area contributed by atoms with Crippen LogP contribution >= 0.6 is 0 Å². The number of aryl methyl sites for hydroxylation is 2. The topological polar surface area (TPSA) is 43.8 Å². The summed E-state index contributed by atoms with van der Waals surface area (Å²) in [5, 5.41) is 0. The van der Waals surface area contributed by atoms with Gasteiger partial charge in [0.05, 0.1) is 11.9 Å². The Hall–Kier alpha value is -0.830. The standard InChI is InChI=1S/C10H17N3/c1-3-10-12-7(2)8-5-4-6-9(11)13(8)10/h9H,3-6,11H2,1-2H3. The Kier molecular flexibility index (Phi) is 2.12. The van der Waals surface area contributed by atoms with Crippen LogP contribution in [0.15, 0.2) is 0 Å². The minimum absolute atomic E-state index is 0.167. The Morgan fingerprint density at radius 3 is 3.08 bits per heavy atom. The van der Waals surface area contributed by atoms with Gasteiger partial charge in [0.1, 0.15) is 5.82 Å². The quantitative estimate of drug-likeness (QED) is 0.710. The molecule has 0 radical (unpaired) electrons. The van der Waals surface area contributed by atoms with E-state index in [9.17, 15) is 0 Å². The first-order valence-electron chi connectivity index (χ1n) is 5.06. The third-order valence-corrected chi connectivity index (χ3v) is 2.84. The highest BCUT2D eigenvalue weighted by atomic mass is 15.2. The van der Waals surface area contributed by atoms with Gasteiger partial charge in [-0.2, -0.15) is 0 Å². The van der Waals surface area contributed by atoms with Crippen molar-refractivity contribution in [3.05, 3.63) is 17.2 Å². The number of imidazole rings is 1. The molecule has 0 fully saturated rings. The lowest BCUT2D eigenvalue weighted by Gasteiger charge is -2.23. The predicted molar refractivity (Wildman–Crippen MR) is 52.5 cm³/mol. The third-order valence-electron chi connectivity index (χ3n) is 2.84. The molecule has 0 bridgehead atoms. The number of rotatable bonds is 1. The van der Waals surface area contributed by atoms with Crippen molar-refractivity contribution in [2.75, 3.05) is 0 Å². The van der Waals surface area contributed by atoms with Crippen LogP contribution < -0.4 is 5.73 Å². The highest BCUT2D eigenvalue weighted by Gasteiger charge is 2.21. The highest BCUT2D eigenvalue weighted by molar-refractivity contribution is 5.19. The van der Waals surface area contributed by atoms with E-state index in [0.717, 1.165) is 25.1 Å². The number of hydrogen-bond donors (Lipinski definition) is 1. The Morgan fingerprint density at radius 2 is 2.38 bits per heavy atom. The van der Waals surface area contributed by atoms with Crippen molar-refractivity contribution in [1.29, 1.82) is 0 Å². The molecule has 0 amide bonds. The van der Waals surface area contributed by atoms with Crippen LogP contribution in [0.3, 0.4) is 0 Å². The average molecular weight is 179 g/mol. The number of nitrogens with zero attached hydrogens (tertiary/aromatic N) is 2. The summed E-state index contributed by atoms with van der Waals surface area (Å²) in [6.07, 6.45) is 4.59. The van der Waals surface area contributed by atoms with E-state index in [2.05, 4.69) is 23.4 Å². The van der Waals surface area contributed by atoms with E-state index < -0.39 is 0 Å². The first kappa shape index (κ1) is 8.75. The Bertz CT molecular complexity index is 314. The zero-order chi connectivity index (χ0) is 9.42. The van der Waals surface area contributed by atoms with Gasteiger partial charge in [-0.05, 0) is 26.2 Å². The van der Waals surface area contributed by atoms with Crippen molar-refractivity contribution in [1.82, 2.24) is 9.55 Å². The monoisotopic (exact) mass is 179 g/mol. The molecular weight excluding hydrogens is 162 g/mol. The normalized spacial score (nSPS) is 21.6. The van der Waals surface area contributed by atoms with Gasteiger partial charge in [-0.1, -0.05) is 6.92 Å². The lowest BCUT2D eigenvalue weighted by Crippen LogP contribution is -2.26. The Morgan fingerprint density at radius 1 is 1.62 bits per heavy atom. The summed E-state index contributed by atoms with van der Waals surface area (Å²) in [5.74, 6) is 1.15. The molecule has 0 saturated carbocycles. The van der Waals surface area contributed by atoms with Crippen molar-refractivity contribution in [3.63, 3.8) is 0 Å². The Balaban J connectivity index is 2.52. The van der Waals surface area contributed by atoms with E-state index in [1.165, 1.54) is 17.8 Å². The smallest absolute Gasteiger partial charge is 0.110 e. The molecule has 2 rings (SSSR count). The van der Waals surface area contributed by atoms with Gasteiger partial charge in [0.25, 0.3) is 0 Å². The zero-order valence-corrected chi connectivity index (χ0v) is 8.38. The molecule has 0 aromatic carbocycles. The van der Waals surface area contributed by atoms with Crippen LogP contribution in [0, 0.1) is 6.92 Å². The van der Waals surface area contributed by atoms with Gasteiger partial charge in [0.15, 0.2) is 0 Å².